The first-order valence-electron chi connectivity index (χ1n) is 6.05. The van der Waals surface area contributed by atoms with E-state index in [0.717, 1.165) is 10.9 Å². The van der Waals surface area contributed by atoms with Gasteiger partial charge in [0, 0.05) is 5.39 Å². The van der Waals surface area contributed by atoms with Crippen molar-refractivity contribution in [2.45, 2.75) is 0 Å². The van der Waals surface area contributed by atoms with E-state index < -0.39 is 5.97 Å². The Morgan fingerprint density at radius 3 is 2.80 bits per heavy atom. The van der Waals surface area contributed by atoms with Crippen LogP contribution >= 0.6 is 0 Å². The second kappa shape index (κ2) is 4.70. The van der Waals surface area contributed by atoms with Crippen molar-refractivity contribution in [2.75, 3.05) is 7.11 Å². The number of hydrogen-bond donors (Lipinski definition) is 1. The van der Waals surface area contributed by atoms with Crippen LogP contribution in [0.25, 0.3) is 16.6 Å². The van der Waals surface area contributed by atoms with Crippen LogP contribution in [0.3, 0.4) is 0 Å². The highest BCUT2D eigenvalue weighted by Gasteiger charge is 2.13. The van der Waals surface area contributed by atoms with Crippen molar-refractivity contribution in [1.29, 1.82) is 0 Å². The van der Waals surface area contributed by atoms with Gasteiger partial charge in [0.15, 0.2) is 0 Å². The molecule has 5 heteroatoms. The van der Waals surface area contributed by atoms with Gasteiger partial charge in [0.05, 0.1) is 24.4 Å². The van der Waals surface area contributed by atoms with Crippen LogP contribution in [0, 0.1) is 0 Å². The first-order chi connectivity index (χ1) is 9.70. The molecule has 5 nitrogen and oxygen atoms in total. The summed E-state index contributed by atoms with van der Waals surface area (Å²) in [6.07, 6.45) is 1.74. The minimum Gasteiger partial charge on any atom is -0.494 e. The maximum absolute atomic E-state index is 11.1. The number of carbonyl (C=O) groups is 1. The standard InChI is InChI=1S/C15H12N2O3/c1-20-14-7-6-10(15(18)19)8-13(14)17-12-5-3-2-4-11(12)9-16-17/h2-9H,1H3,(H,18,19). The van der Waals surface area contributed by atoms with E-state index in [1.807, 2.05) is 24.3 Å². The molecular weight excluding hydrogens is 256 g/mol. The molecule has 100 valence electrons. The monoisotopic (exact) mass is 268 g/mol. The predicted molar refractivity (Wildman–Crippen MR) is 74.6 cm³/mol. The molecule has 2 aromatic carbocycles. The van der Waals surface area contributed by atoms with Crippen LogP contribution in [0.4, 0.5) is 0 Å². The molecule has 1 heterocycles. The fourth-order valence-corrected chi connectivity index (χ4v) is 2.15. The van der Waals surface area contributed by atoms with E-state index in [0.29, 0.717) is 11.4 Å². The van der Waals surface area contributed by atoms with Gasteiger partial charge >= 0.3 is 5.97 Å². The predicted octanol–water partition coefficient (Wildman–Crippen LogP) is 2.73. The van der Waals surface area contributed by atoms with Gasteiger partial charge in [-0.2, -0.15) is 5.10 Å². The molecule has 0 saturated carbocycles. The number of aromatic nitrogens is 2. The first-order valence-corrected chi connectivity index (χ1v) is 6.05. The number of aromatic carboxylic acids is 1. The van der Waals surface area contributed by atoms with Crippen LogP contribution in [-0.4, -0.2) is 28.0 Å². The van der Waals surface area contributed by atoms with Gasteiger partial charge in [-0.25, -0.2) is 9.48 Å². The molecule has 0 unspecified atom stereocenters. The van der Waals surface area contributed by atoms with Crippen LogP contribution < -0.4 is 4.74 Å². The molecule has 0 amide bonds. The van der Waals surface area contributed by atoms with Crippen molar-refractivity contribution >= 4 is 16.9 Å². The van der Waals surface area contributed by atoms with Crippen molar-refractivity contribution in [3.8, 4) is 11.4 Å². The normalized spacial score (nSPS) is 10.7. The van der Waals surface area contributed by atoms with Gasteiger partial charge in [-0.3, -0.25) is 0 Å². The maximum Gasteiger partial charge on any atom is 0.335 e. The van der Waals surface area contributed by atoms with E-state index in [4.69, 9.17) is 9.84 Å². The fourth-order valence-electron chi connectivity index (χ4n) is 2.15. The zero-order valence-corrected chi connectivity index (χ0v) is 10.8. The minimum atomic E-state index is -0.981. The number of benzene rings is 2. The fraction of sp³-hybridized carbons (Fsp3) is 0.0667. The second-order valence-corrected chi connectivity index (χ2v) is 4.31. The van der Waals surface area contributed by atoms with Crippen molar-refractivity contribution in [2.24, 2.45) is 0 Å². The van der Waals surface area contributed by atoms with Crippen molar-refractivity contribution in [3.63, 3.8) is 0 Å². The zero-order chi connectivity index (χ0) is 14.1. The number of hydrogen-bond acceptors (Lipinski definition) is 3. The Bertz CT molecular complexity index is 793. The van der Waals surface area contributed by atoms with Crippen LogP contribution in [0.5, 0.6) is 5.75 Å². The summed E-state index contributed by atoms with van der Waals surface area (Å²) in [7, 11) is 1.55. The second-order valence-electron chi connectivity index (χ2n) is 4.31. The maximum atomic E-state index is 11.1. The zero-order valence-electron chi connectivity index (χ0n) is 10.8. The molecule has 1 aromatic heterocycles. The third-order valence-corrected chi connectivity index (χ3v) is 3.13. The molecule has 3 rings (SSSR count). The first kappa shape index (κ1) is 12.2. The van der Waals surface area contributed by atoms with Crippen LogP contribution in [0.2, 0.25) is 0 Å². The summed E-state index contributed by atoms with van der Waals surface area (Å²) in [4.78, 5) is 11.1. The largest absolute Gasteiger partial charge is 0.494 e. The third kappa shape index (κ3) is 1.89. The van der Waals surface area contributed by atoms with E-state index in [1.165, 1.54) is 6.07 Å². The lowest BCUT2D eigenvalue weighted by molar-refractivity contribution is 0.0697. The Kier molecular flexibility index (Phi) is 2.87. The van der Waals surface area contributed by atoms with E-state index in [-0.39, 0.29) is 5.56 Å². The summed E-state index contributed by atoms with van der Waals surface area (Å²) < 4.78 is 6.98. The molecule has 0 aliphatic heterocycles. The van der Waals surface area contributed by atoms with Crippen LogP contribution in [0.1, 0.15) is 10.4 Å². The summed E-state index contributed by atoms with van der Waals surface area (Å²) in [5.74, 6) is -0.408. The lowest BCUT2D eigenvalue weighted by Gasteiger charge is -2.10. The van der Waals surface area contributed by atoms with Gasteiger partial charge in [0.1, 0.15) is 11.4 Å². The topological polar surface area (TPSA) is 64.3 Å². The highest BCUT2D eigenvalue weighted by atomic mass is 16.5. The molecule has 0 bridgehead atoms. The average molecular weight is 268 g/mol. The summed E-state index contributed by atoms with van der Waals surface area (Å²) in [6.45, 7) is 0. The van der Waals surface area contributed by atoms with Gasteiger partial charge in [0.2, 0.25) is 0 Å². The minimum absolute atomic E-state index is 0.195. The Morgan fingerprint density at radius 1 is 1.25 bits per heavy atom. The molecule has 0 spiro atoms. The van der Waals surface area contributed by atoms with Crippen molar-refractivity contribution in [1.82, 2.24) is 9.78 Å². The highest BCUT2D eigenvalue weighted by Crippen LogP contribution is 2.27. The number of rotatable bonds is 3. The highest BCUT2D eigenvalue weighted by molar-refractivity contribution is 5.89. The Morgan fingerprint density at radius 2 is 2.05 bits per heavy atom. The van der Waals surface area contributed by atoms with E-state index in [9.17, 15) is 4.79 Å². The molecule has 20 heavy (non-hydrogen) atoms. The summed E-state index contributed by atoms with van der Waals surface area (Å²) >= 11 is 0. The number of carboxylic acid groups (broad SMARTS) is 1. The summed E-state index contributed by atoms with van der Waals surface area (Å²) in [5.41, 5.74) is 1.70. The molecule has 0 aliphatic rings. The summed E-state index contributed by atoms with van der Waals surface area (Å²) in [6, 6.07) is 12.4. The Labute approximate surface area is 115 Å². The SMILES string of the molecule is COc1ccc(C(=O)O)cc1-n1ncc2ccccc21. The summed E-state index contributed by atoms with van der Waals surface area (Å²) in [5, 5.41) is 14.4. The van der Waals surface area contributed by atoms with Gasteiger partial charge in [-0.1, -0.05) is 18.2 Å². The molecule has 0 saturated heterocycles. The van der Waals surface area contributed by atoms with E-state index in [1.54, 1.807) is 30.1 Å². The van der Waals surface area contributed by atoms with Crippen LogP contribution in [0.15, 0.2) is 48.7 Å². The molecule has 3 aromatic rings. The van der Waals surface area contributed by atoms with Gasteiger partial charge in [-0.15, -0.1) is 0 Å². The Balaban J connectivity index is 2.27. The number of nitrogens with zero attached hydrogens (tertiary/aromatic N) is 2. The molecular formula is C15H12N2O3. The number of fused-ring (bicyclic) bond motifs is 1. The molecule has 0 radical (unpaired) electrons. The molecule has 1 N–H and O–H groups in total. The quantitative estimate of drug-likeness (QED) is 0.793. The number of ether oxygens (including phenoxy) is 1. The van der Waals surface area contributed by atoms with Crippen LogP contribution in [-0.2, 0) is 0 Å². The lowest BCUT2D eigenvalue weighted by atomic mass is 10.2. The lowest BCUT2D eigenvalue weighted by Crippen LogP contribution is -2.03. The number of carboxylic acids is 1. The molecule has 0 atom stereocenters. The van der Waals surface area contributed by atoms with E-state index >= 15 is 0 Å². The third-order valence-electron chi connectivity index (χ3n) is 3.13. The smallest absolute Gasteiger partial charge is 0.335 e. The van der Waals surface area contributed by atoms with Crippen molar-refractivity contribution in [3.05, 3.63) is 54.2 Å². The molecule has 0 aliphatic carbocycles. The average Bonchev–Trinajstić information content (AvgIpc) is 2.90. The van der Waals surface area contributed by atoms with Gasteiger partial charge in [-0.05, 0) is 24.3 Å². The number of methoxy groups -OCH3 is 1. The number of para-hydroxylation sites is 1. The van der Waals surface area contributed by atoms with Crippen molar-refractivity contribution < 1.29 is 14.6 Å². The van der Waals surface area contributed by atoms with E-state index in [2.05, 4.69) is 5.10 Å². The molecule has 0 fully saturated rings. The van der Waals surface area contributed by atoms with Gasteiger partial charge < -0.3 is 9.84 Å². The van der Waals surface area contributed by atoms with Gasteiger partial charge in [0.25, 0.3) is 0 Å². The Hall–Kier alpha value is -2.82.